The lowest BCUT2D eigenvalue weighted by atomic mass is 10.0. The molecule has 3 heterocycles. The molecule has 1 N–H and O–H groups in total. The van der Waals surface area contributed by atoms with Gasteiger partial charge in [-0.05, 0) is 43.5 Å². The number of halogens is 1. The van der Waals surface area contributed by atoms with Gasteiger partial charge >= 0.3 is 0 Å². The average molecular weight is 415 g/mol. The third kappa shape index (κ3) is 4.82. The largest absolute Gasteiger partial charge is 0.382 e. The van der Waals surface area contributed by atoms with Crippen molar-refractivity contribution in [1.82, 2.24) is 9.88 Å². The first-order valence-corrected chi connectivity index (χ1v) is 10.6. The number of anilines is 2. The fourth-order valence-electron chi connectivity index (χ4n) is 3.94. The zero-order valence-corrected chi connectivity index (χ0v) is 17.5. The molecule has 0 spiro atoms. The van der Waals surface area contributed by atoms with E-state index in [2.05, 4.69) is 46.4 Å². The van der Waals surface area contributed by atoms with Gasteiger partial charge in [0.25, 0.3) is 5.91 Å². The number of aromatic nitrogens is 1. The predicted molar refractivity (Wildman–Crippen MR) is 116 cm³/mol. The number of pyridine rings is 1. The van der Waals surface area contributed by atoms with Crippen molar-refractivity contribution in [2.24, 2.45) is 0 Å². The molecule has 0 atom stereocenters. The number of hydrogen-bond acceptors (Lipinski definition) is 5. The normalized spacial score (nSPS) is 18.0. The molecule has 0 saturated carbocycles. The Hall–Kier alpha value is -2.31. The van der Waals surface area contributed by atoms with E-state index in [0.29, 0.717) is 42.9 Å². The van der Waals surface area contributed by atoms with Gasteiger partial charge in [0.1, 0.15) is 5.82 Å². The Balaban J connectivity index is 1.36. The van der Waals surface area contributed by atoms with E-state index in [0.717, 1.165) is 31.7 Å². The molecule has 2 saturated heterocycles. The smallest absolute Gasteiger partial charge is 0.255 e. The lowest BCUT2D eigenvalue weighted by Gasteiger charge is -2.34. The molecule has 2 aliphatic rings. The summed E-state index contributed by atoms with van der Waals surface area (Å²) in [5.41, 5.74) is 2.97. The van der Waals surface area contributed by atoms with Crippen LogP contribution in [0, 0.1) is 6.92 Å². The van der Waals surface area contributed by atoms with E-state index in [9.17, 15) is 4.79 Å². The molecule has 2 aliphatic heterocycles. The number of rotatable bonds is 4. The lowest BCUT2D eigenvalue weighted by Crippen LogP contribution is -2.41. The maximum Gasteiger partial charge on any atom is 0.255 e. The summed E-state index contributed by atoms with van der Waals surface area (Å²) in [7, 11) is 0. The van der Waals surface area contributed by atoms with Gasteiger partial charge in [0.2, 0.25) is 0 Å². The van der Waals surface area contributed by atoms with Gasteiger partial charge in [-0.1, -0.05) is 23.7 Å². The summed E-state index contributed by atoms with van der Waals surface area (Å²) in [4.78, 5) is 21.2. The molecule has 4 rings (SSSR count). The Kier molecular flexibility index (Phi) is 6.21. The first-order valence-electron chi connectivity index (χ1n) is 10.2. The van der Waals surface area contributed by atoms with Crippen molar-refractivity contribution in [3.8, 4) is 0 Å². The molecular formula is C22H27ClN4O2. The number of carbonyl (C=O) groups is 1. The predicted octanol–water partition coefficient (Wildman–Crippen LogP) is 3.60. The van der Waals surface area contributed by atoms with Crippen LogP contribution in [-0.2, 0) is 4.74 Å². The van der Waals surface area contributed by atoms with E-state index in [4.69, 9.17) is 16.3 Å². The number of hydrogen-bond donors (Lipinski definition) is 1. The topological polar surface area (TPSA) is 57.7 Å². The molecule has 0 bridgehead atoms. The summed E-state index contributed by atoms with van der Waals surface area (Å²) in [6.45, 7) is 6.25. The number of benzene rings is 1. The molecule has 6 nitrogen and oxygen atoms in total. The highest BCUT2D eigenvalue weighted by Gasteiger charge is 2.24. The Morgan fingerprint density at radius 2 is 1.93 bits per heavy atom. The third-order valence-corrected chi connectivity index (χ3v) is 5.83. The van der Waals surface area contributed by atoms with Crippen molar-refractivity contribution in [2.45, 2.75) is 25.8 Å². The van der Waals surface area contributed by atoms with Gasteiger partial charge in [-0.25, -0.2) is 4.98 Å². The molecule has 29 heavy (non-hydrogen) atoms. The van der Waals surface area contributed by atoms with Crippen LogP contribution in [0.2, 0.25) is 5.02 Å². The van der Waals surface area contributed by atoms with Crippen molar-refractivity contribution in [3.05, 3.63) is 52.7 Å². The summed E-state index contributed by atoms with van der Waals surface area (Å²) < 4.78 is 5.31. The van der Waals surface area contributed by atoms with Crippen LogP contribution in [0.15, 0.2) is 36.5 Å². The second-order valence-corrected chi connectivity index (χ2v) is 8.12. The Morgan fingerprint density at radius 1 is 1.17 bits per heavy atom. The van der Waals surface area contributed by atoms with Gasteiger partial charge in [-0.15, -0.1) is 0 Å². The first kappa shape index (κ1) is 20.0. The highest BCUT2D eigenvalue weighted by atomic mass is 35.5. The molecule has 0 radical (unpaired) electrons. The molecule has 2 aromatic rings. The maximum atomic E-state index is 12.6. The van der Waals surface area contributed by atoms with Crippen molar-refractivity contribution in [2.75, 3.05) is 49.6 Å². The monoisotopic (exact) mass is 414 g/mol. The average Bonchev–Trinajstić information content (AvgIpc) is 2.74. The summed E-state index contributed by atoms with van der Waals surface area (Å²) >= 11 is 6.51. The maximum absolute atomic E-state index is 12.6. The Bertz CT molecular complexity index is 862. The molecule has 1 aromatic heterocycles. The van der Waals surface area contributed by atoms with Crippen LogP contribution in [0.4, 0.5) is 11.5 Å². The molecule has 2 fully saturated rings. The number of ether oxygens (including phenoxy) is 1. The molecule has 0 unspecified atom stereocenters. The van der Waals surface area contributed by atoms with Gasteiger partial charge in [-0.3, -0.25) is 4.79 Å². The van der Waals surface area contributed by atoms with Crippen molar-refractivity contribution < 1.29 is 9.53 Å². The Morgan fingerprint density at radius 3 is 2.62 bits per heavy atom. The van der Waals surface area contributed by atoms with E-state index in [1.54, 1.807) is 17.2 Å². The van der Waals surface area contributed by atoms with Gasteiger partial charge in [0, 0.05) is 44.1 Å². The third-order valence-electron chi connectivity index (χ3n) is 5.55. The van der Waals surface area contributed by atoms with Crippen LogP contribution in [0.5, 0.6) is 0 Å². The molecule has 1 aromatic carbocycles. The molecular weight excluding hydrogens is 388 g/mol. The van der Waals surface area contributed by atoms with E-state index in [1.807, 2.05) is 0 Å². The number of piperidine rings is 1. The first-order chi connectivity index (χ1) is 14.1. The highest BCUT2D eigenvalue weighted by molar-refractivity contribution is 6.33. The number of nitrogens with zero attached hydrogens (tertiary/aromatic N) is 3. The second-order valence-electron chi connectivity index (χ2n) is 7.71. The number of morpholine rings is 1. The summed E-state index contributed by atoms with van der Waals surface area (Å²) in [5.74, 6) is 0.731. The summed E-state index contributed by atoms with van der Waals surface area (Å²) in [6, 6.07) is 10.7. The number of nitrogens with one attached hydrogen (secondary N) is 1. The SMILES string of the molecule is Cc1cccc(NC2CCN(c3ncc(C(=O)N4CCOCC4)cc3Cl)CC2)c1. The number of carbonyl (C=O) groups excluding carboxylic acids is 1. The van der Waals surface area contributed by atoms with E-state index in [-0.39, 0.29) is 5.91 Å². The van der Waals surface area contributed by atoms with E-state index >= 15 is 0 Å². The quantitative estimate of drug-likeness (QED) is 0.828. The van der Waals surface area contributed by atoms with Crippen LogP contribution in [0.3, 0.4) is 0 Å². The number of amides is 1. The fourth-order valence-corrected chi connectivity index (χ4v) is 4.22. The standard InChI is InChI=1S/C22H27ClN4O2/c1-16-3-2-4-19(13-16)25-18-5-7-26(8-6-18)21-20(23)14-17(15-24-21)22(28)27-9-11-29-12-10-27/h2-4,13-15,18,25H,5-12H2,1H3. The second kappa shape index (κ2) is 9.01. The van der Waals surface area contributed by atoms with Crippen LogP contribution in [-0.4, -0.2) is 61.2 Å². The van der Waals surface area contributed by atoms with Gasteiger partial charge in [0.15, 0.2) is 0 Å². The molecule has 0 aliphatic carbocycles. The van der Waals surface area contributed by atoms with E-state index in [1.165, 1.54) is 11.3 Å². The zero-order valence-electron chi connectivity index (χ0n) is 16.7. The minimum Gasteiger partial charge on any atom is -0.382 e. The molecule has 154 valence electrons. The minimum atomic E-state index is -0.0321. The van der Waals surface area contributed by atoms with Crippen LogP contribution in [0.25, 0.3) is 0 Å². The van der Waals surface area contributed by atoms with Crippen LogP contribution >= 0.6 is 11.6 Å². The summed E-state index contributed by atoms with van der Waals surface area (Å²) in [5, 5.41) is 4.16. The van der Waals surface area contributed by atoms with Crippen LogP contribution in [0.1, 0.15) is 28.8 Å². The van der Waals surface area contributed by atoms with Crippen LogP contribution < -0.4 is 10.2 Å². The Labute approximate surface area is 176 Å². The van der Waals surface area contributed by atoms with Gasteiger partial charge < -0.3 is 19.9 Å². The van der Waals surface area contributed by atoms with Gasteiger partial charge in [0.05, 0.1) is 23.8 Å². The van der Waals surface area contributed by atoms with Crippen molar-refractivity contribution in [3.63, 3.8) is 0 Å². The van der Waals surface area contributed by atoms with Gasteiger partial charge in [-0.2, -0.15) is 0 Å². The number of aryl methyl sites for hydroxylation is 1. The lowest BCUT2D eigenvalue weighted by molar-refractivity contribution is 0.0302. The van der Waals surface area contributed by atoms with Crippen molar-refractivity contribution >= 4 is 29.0 Å². The molecule has 7 heteroatoms. The van der Waals surface area contributed by atoms with E-state index < -0.39 is 0 Å². The fraction of sp³-hybridized carbons (Fsp3) is 0.455. The summed E-state index contributed by atoms with van der Waals surface area (Å²) in [6.07, 6.45) is 3.68. The molecule has 1 amide bonds. The zero-order chi connectivity index (χ0) is 20.2. The highest BCUT2D eigenvalue weighted by Crippen LogP contribution is 2.28. The van der Waals surface area contributed by atoms with Crippen molar-refractivity contribution in [1.29, 1.82) is 0 Å². The minimum absolute atomic E-state index is 0.0321.